The molecule has 0 spiro atoms. The number of hydrogen-bond donors (Lipinski definition) is 1. The first-order chi connectivity index (χ1) is 11.3. The molecule has 0 bridgehead atoms. The summed E-state index contributed by atoms with van der Waals surface area (Å²) < 4.78 is 1.83. The lowest BCUT2D eigenvalue weighted by atomic mass is 10.2. The van der Waals surface area contributed by atoms with Crippen molar-refractivity contribution in [2.75, 3.05) is 5.32 Å². The van der Waals surface area contributed by atoms with Crippen LogP contribution in [0.5, 0.6) is 0 Å². The van der Waals surface area contributed by atoms with Crippen LogP contribution in [0.2, 0.25) is 0 Å². The zero-order chi connectivity index (χ0) is 15.6. The molecular weight excluding hydrogens is 306 g/mol. The lowest BCUT2D eigenvalue weighted by Crippen LogP contribution is -2.07. The molecule has 4 aromatic rings. The average Bonchev–Trinajstić information content (AvgIpc) is 3.26. The van der Waals surface area contributed by atoms with Gasteiger partial charge in [0, 0.05) is 4.88 Å². The first kappa shape index (κ1) is 13.9. The van der Waals surface area contributed by atoms with Crippen molar-refractivity contribution in [2.45, 2.75) is 13.0 Å². The maximum Gasteiger partial charge on any atom is 0.168 e. The zero-order valence-corrected chi connectivity index (χ0v) is 13.4. The molecule has 3 aromatic heterocycles. The Labute approximate surface area is 137 Å². The number of anilines is 1. The summed E-state index contributed by atoms with van der Waals surface area (Å²) in [5.74, 6) is 0.804. The SMILES string of the molecule is CC(Nc1ncnc2c1cnn2-c1ccccc1)c1cccs1. The number of benzene rings is 1. The van der Waals surface area contributed by atoms with Crippen molar-refractivity contribution in [2.24, 2.45) is 0 Å². The van der Waals surface area contributed by atoms with E-state index in [-0.39, 0.29) is 6.04 Å². The highest BCUT2D eigenvalue weighted by molar-refractivity contribution is 7.10. The van der Waals surface area contributed by atoms with E-state index in [2.05, 4.69) is 44.8 Å². The molecule has 0 fully saturated rings. The number of fused-ring (bicyclic) bond motifs is 1. The fraction of sp³-hybridized carbons (Fsp3) is 0.118. The van der Waals surface area contributed by atoms with Crippen molar-refractivity contribution in [3.63, 3.8) is 0 Å². The van der Waals surface area contributed by atoms with Crippen molar-refractivity contribution >= 4 is 28.2 Å². The lowest BCUT2D eigenvalue weighted by molar-refractivity contribution is 0.889. The van der Waals surface area contributed by atoms with Crippen molar-refractivity contribution in [3.05, 3.63) is 65.2 Å². The molecule has 1 aromatic carbocycles. The topological polar surface area (TPSA) is 55.6 Å². The number of hydrogen-bond acceptors (Lipinski definition) is 5. The van der Waals surface area contributed by atoms with Crippen molar-refractivity contribution in [1.82, 2.24) is 19.7 Å². The molecule has 0 radical (unpaired) electrons. The van der Waals surface area contributed by atoms with Crippen LogP contribution in [0.4, 0.5) is 5.82 Å². The van der Waals surface area contributed by atoms with Crippen LogP contribution in [-0.4, -0.2) is 19.7 Å². The van der Waals surface area contributed by atoms with Gasteiger partial charge in [0.05, 0.1) is 23.3 Å². The molecule has 23 heavy (non-hydrogen) atoms. The quantitative estimate of drug-likeness (QED) is 0.616. The molecule has 0 aliphatic heterocycles. The Hall–Kier alpha value is -2.73. The molecule has 0 saturated heterocycles. The first-order valence-corrected chi connectivity index (χ1v) is 8.25. The molecule has 1 atom stereocenters. The van der Waals surface area contributed by atoms with Crippen molar-refractivity contribution in [1.29, 1.82) is 0 Å². The van der Waals surface area contributed by atoms with Gasteiger partial charge in [0.25, 0.3) is 0 Å². The van der Waals surface area contributed by atoms with Crippen molar-refractivity contribution in [3.8, 4) is 5.69 Å². The molecule has 4 rings (SSSR count). The van der Waals surface area contributed by atoms with Crippen LogP contribution in [0, 0.1) is 0 Å². The van der Waals surface area contributed by atoms with Gasteiger partial charge in [-0.05, 0) is 30.5 Å². The molecule has 5 nitrogen and oxygen atoms in total. The van der Waals surface area contributed by atoms with Crippen LogP contribution in [0.3, 0.4) is 0 Å². The van der Waals surface area contributed by atoms with Crippen LogP contribution in [-0.2, 0) is 0 Å². The normalized spacial score (nSPS) is 12.4. The summed E-state index contributed by atoms with van der Waals surface area (Å²) in [4.78, 5) is 10.1. The summed E-state index contributed by atoms with van der Waals surface area (Å²) in [6.07, 6.45) is 3.39. The second-order valence-electron chi connectivity index (χ2n) is 5.23. The molecule has 114 valence electrons. The molecule has 0 aliphatic rings. The molecule has 6 heteroatoms. The van der Waals surface area contributed by atoms with E-state index in [9.17, 15) is 0 Å². The maximum atomic E-state index is 4.47. The zero-order valence-electron chi connectivity index (χ0n) is 12.5. The van der Waals surface area contributed by atoms with Gasteiger partial charge in [-0.15, -0.1) is 11.3 Å². The fourth-order valence-corrected chi connectivity index (χ4v) is 3.27. The fourth-order valence-electron chi connectivity index (χ4n) is 2.53. The van der Waals surface area contributed by atoms with E-state index >= 15 is 0 Å². The van der Waals surface area contributed by atoms with Gasteiger partial charge in [-0.25, -0.2) is 14.6 Å². The molecule has 1 unspecified atom stereocenters. The smallest absolute Gasteiger partial charge is 0.168 e. The Kier molecular flexibility index (Phi) is 3.51. The van der Waals surface area contributed by atoms with Crippen LogP contribution >= 0.6 is 11.3 Å². The van der Waals surface area contributed by atoms with Gasteiger partial charge in [0.1, 0.15) is 12.1 Å². The standard InChI is InChI=1S/C17H15N5S/c1-12(15-8-5-9-23-15)21-16-14-10-20-22(17(14)19-11-18-16)13-6-3-2-4-7-13/h2-12H,1H3,(H,18,19,21). The van der Waals surface area contributed by atoms with Crippen molar-refractivity contribution < 1.29 is 0 Å². The minimum atomic E-state index is 0.188. The van der Waals surface area contributed by atoms with E-state index in [4.69, 9.17) is 0 Å². The number of thiophene rings is 1. The number of nitrogens with one attached hydrogen (secondary N) is 1. The van der Waals surface area contributed by atoms with Gasteiger partial charge >= 0.3 is 0 Å². The molecule has 1 N–H and O–H groups in total. The lowest BCUT2D eigenvalue weighted by Gasteiger charge is -2.13. The molecule has 3 heterocycles. The Morgan fingerprint density at radius 3 is 2.74 bits per heavy atom. The highest BCUT2D eigenvalue weighted by atomic mass is 32.1. The van der Waals surface area contributed by atoms with E-state index in [1.807, 2.05) is 41.2 Å². The third-order valence-electron chi connectivity index (χ3n) is 3.69. The number of rotatable bonds is 4. The molecule has 0 aliphatic carbocycles. The highest BCUT2D eigenvalue weighted by Gasteiger charge is 2.13. The largest absolute Gasteiger partial charge is 0.362 e. The van der Waals surface area contributed by atoms with Crippen LogP contribution < -0.4 is 5.32 Å². The number of para-hydroxylation sites is 1. The summed E-state index contributed by atoms with van der Waals surface area (Å²) in [7, 11) is 0. The van der Waals surface area contributed by atoms with Gasteiger partial charge in [0.15, 0.2) is 5.65 Å². The second-order valence-corrected chi connectivity index (χ2v) is 6.21. The number of nitrogens with zero attached hydrogens (tertiary/aromatic N) is 4. The summed E-state index contributed by atoms with van der Waals surface area (Å²) in [5.41, 5.74) is 1.78. The summed E-state index contributed by atoms with van der Waals surface area (Å²) >= 11 is 1.73. The van der Waals surface area contributed by atoms with Crippen LogP contribution in [0.1, 0.15) is 17.8 Å². The van der Waals surface area contributed by atoms with Crippen LogP contribution in [0.25, 0.3) is 16.7 Å². The van der Waals surface area contributed by atoms with Crippen LogP contribution in [0.15, 0.2) is 60.4 Å². The monoisotopic (exact) mass is 321 g/mol. The van der Waals surface area contributed by atoms with Gasteiger partial charge in [-0.3, -0.25) is 0 Å². The van der Waals surface area contributed by atoms with E-state index in [0.29, 0.717) is 0 Å². The van der Waals surface area contributed by atoms with Gasteiger partial charge in [-0.2, -0.15) is 5.10 Å². The van der Waals surface area contributed by atoms with Gasteiger partial charge < -0.3 is 5.32 Å². The first-order valence-electron chi connectivity index (χ1n) is 7.37. The van der Waals surface area contributed by atoms with Gasteiger partial charge in [0.2, 0.25) is 0 Å². The predicted octanol–water partition coefficient (Wildman–Crippen LogP) is 4.05. The second kappa shape index (κ2) is 5.81. The molecule has 0 amide bonds. The van der Waals surface area contributed by atoms with E-state index in [0.717, 1.165) is 22.5 Å². The third kappa shape index (κ3) is 2.57. The predicted molar refractivity (Wildman–Crippen MR) is 93.0 cm³/mol. The van der Waals surface area contributed by atoms with Gasteiger partial charge in [-0.1, -0.05) is 24.3 Å². The number of aromatic nitrogens is 4. The summed E-state index contributed by atoms with van der Waals surface area (Å²) in [6, 6.07) is 14.3. The third-order valence-corrected chi connectivity index (χ3v) is 4.74. The minimum absolute atomic E-state index is 0.188. The Bertz CT molecular complexity index is 915. The minimum Gasteiger partial charge on any atom is -0.362 e. The molecular formula is C17H15N5S. The Morgan fingerprint density at radius 1 is 1.09 bits per heavy atom. The average molecular weight is 321 g/mol. The maximum absolute atomic E-state index is 4.47. The highest BCUT2D eigenvalue weighted by Crippen LogP contribution is 2.26. The summed E-state index contributed by atoms with van der Waals surface area (Å²) in [6.45, 7) is 2.13. The Morgan fingerprint density at radius 2 is 1.96 bits per heavy atom. The Balaban J connectivity index is 1.73. The van der Waals surface area contributed by atoms with E-state index < -0.39 is 0 Å². The van der Waals surface area contributed by atoms with E-state index in [1.165, 1.54) is 4.88 Å². The molecule has 0 saturated carbocycles. The van der Waals surface area contributed by atoms with E-state index in [1.54, 1.807) is 17.7 Å². The summed E-state index contributed by atoms with van der Waals surface area (Å²) in [5, 5.41) is 10.9.